The number of hydrogen-bond acceptors (Lipinski definition) is 5. The van der Waals surface area contributed by atoms with Crippen LogP contribution in [-0.2, 0) is 11.2 Å². The van der Waals surface area contributed by atoms with Crippen LogP contribution in [0.15, 0.2) is 47.1 Å². The number of ether oxygens (including phenoxy) is 1. The Morgan fingerprint density at radius 1 is 1.12 bits per heavy atom. The molecule has 3 aliphatic carbocycles. The Kier molecular flexibility index (Phi) is 4.88. The Morgan fingerprint density at radius 3 is 2.56 bits per heavy atom. The maximum Gasteiger partial charge on any atom is 0.338 e. The smallest absolute Gasteiger partial charge is 0.338 e. The lowest BCUT2D eigenvalue weighted by molar-refractivity contribution is -0.312. The van der Waals surface area contributed by atoms with Gasteiger partial charge in [0.1, 0.15) is 11.4 Å². The molecule has 0 saturated heterocycles. The second-order valence-corrected chi connectivity index (χ2v) is 11.1. The van der Waals surface area contributed by atoms with Crippen LogP contribution in [0.2, 0.25) is 0 Å². The highest BCUT2D eigenvalue weighted by atomic mass is 16.6. The average Bonchev–Trinajstić information content (AvgIpc) is 3.24. The van der Waals surface area contributed by atoms with E-state index in [2.05, 4.69) is 13.8 Å². The minimum Gasteiger partial charge on any atom is -0.469 e. The topological polar surface area (TPSA) is 79.9 Å². The molecule has 1 aromatic carbocycles. The van der Waals surface area contributed by atoms with Crippen molar-refractivity contribution in [2.45, 2.75) is 77.1 Å². The molecule has 5 rings (SSSR count). The summed E-state index contributed by atoms with van der Waals surface area (Å²) in [5.41, 5.74) is -0.885. The minimum atomic E-state index is -1.37. The number of esters is 1. The highest BCUT2D eigenvalue weighted by molar-refractivity contribution is 5.89. The van der Waals surface area contributed by atoms with Crippen LogP contribution >= 0.6 is 0 Å². The summed E-state index contributed by atoms with van der Waals surface area (Å²) in [6.07, 6.45) is 3.05. The van der Waals surface area contributed by atoms with E-state index >= 15 is 0 Å². The summed E-state index contributed by atoms with van der Waals surface area (Å²) in [5, 5.41) is 24.3. The van der Waals surface area contributed by atoms with Crippen molar-refractivity contribution < 1.29 is 24.2 Å². The summed E-state index contributed by atoms with van der Waals surface area (Å²) >= 11 is 0. The Morgan fingerprint density at radius 2 is 1.84 bits per heavy atom. The first-order valence-corrected chi connectivity index (χ1v) is 11.8. The van der Waals surface area contributed by atoms with Crippen molar-refractivity contribution in [1.82, 2.24) is 0 Å². The number of carbonyl (C=O) groups is 1. The maximum atomic E-state index is 13.1. The first-order chi connectivity index (χ1) is 15.1. The van der Waals surface area contributed by atoms with Crippen LogP contribution in [0.25, 0.3) is 0 Å². The van der Waals surface area contributed by atoms with Crippen molar-refractivity contribution in [2.24, 2.45) is 22.7 Å². The largest absolute Gasteiger partial charge is 0.469 e. The molecule has 7 atom stereocenters. The van der Waals surface area contributed by atoms with Crippen LogP contribution in [0.1, 0.15) is 74.6 Å². The van der Waals surface area contributed by atoms with Crippen LogP contribution in [0.5, 0.6) is 0 Å². The van der Waals surface area contributed by atoms with Gasteiger partial charge in [-0.05, 0) is 59.8 Å². The highest BCUT2D eigenvalue weighted by Crippen LogP contribution is 2.67. The molecule has 0 bridgehead atoms. The summed E-state index contributed by atoms with van der Waals surface area (Å²) in [6, 6.07) is 10.8. The van der Waals surface area contributed by atoms with E-state index in [0.29, 0.717) is 12.0 Å². The molecule has 5 heteroatoms. The van der Waals surface area contributed by atoms with E-state index in [-0.39, 0.29) is 17.8 Å². The third-order valence-electron chi connectivity index (χ3n) is 9.30. The van der Waals surface area contributed by atoms with Crippen molar-refractivity contribution >= 4 is 5.97 Å². The van der Waals surface area contributed by atoms with Crippen molar-refractivity contribution in [1.29, 1.82) is 0 Å². The standard InChI is InChI=1S/C27H34O5/c1-16-18-11-14-31-20(18)15-19-21(16)22(28)23(32-24(29)17-9-6-5-7-10-17)27(30)25(2,3)12-8-13-26(19,27)4/h5-7,9-11,14,16,19,21-23,28,30H,8,12-13,15H2,1-4H3/t16?,19-,21-,22?,23?,26+,27+/m0/s1. The molecular weight excluding hydrogens is 404 g/mol. The van der Waals surface area contributed by atoms with Gasteiger partial charge >= 0.3 is 5.97 Å². The lowest BCUT2D eigenvalue weighted by atomic mass is 9.40. The van der Waals surface area contributed by atoms with Gasteiger partial charge in [-0.15, -0.1) is 0 Å². The zero-order valence-corrected chi connectivity index (χ0v) is 19.4. The lowest BCUT2D eigenvalue weighted by Crippen LogP contribution is -2.76. The fourth-order valence-corrected chi connectivity index (χ4v) is 7.59. The maximum absolute atomic E-state index is 13.1. The number of aliphatic hydroxyl groups is 2. The SMILES string of the molecule is CC1c2ccoc2C[C@H]2[C@H]1C(O)C(OC(=O)c1ccccc1)[C@@]1(O)C(C)(C)CCC[C@]21C. The predicted molar refractivity (Wildman–Crippen MR) is 120 cm³/mol. The van der Waals surface area contributed by atoms with Crippen molar-refractivity contribution in [3.63, 3.8) is 0 Å². The molecule has 1 aromatic heterocycles. The first-order valence-electron chi connectivity index (χ1n) is 11.8. The molecule has 0 spiro atoms. The molecule has 0 radical (unpaired) electrons. The van der Waals surface area contributed by atoms with E-state index in [1.807, 2.05) is 26.0 Å². The number of benzene rings is 1. The summed E-state index contributed by atoms with van der Waals surface area (Å²) in [4.78, 5) is 13.1. The van der Waals surface area contributed by atoms with E-state index in [1.165, 1.54) is 0 Å². The Hall–Kier alpha value is -2.11. The zero-order valence-electron chi connectivity index (χ0n) is 19.4. The summed E-state index contributed by atoms with van der Waals surface area (Å²) in [6.45, 7) is 8.35. The number of aliphatic hydroxyl groups excluding tert-OH is 1. The summed E-state index contributed by atoms with van der Waals surface area (Å²) in [7, 11) is 0. The van der Waals surface area contributed by atoms with Gasteiger partial charge in [0.2, 0.25) is 0 Å². The predicted octanol–water partition coefficient (Wildman–Crippen LogP) is 4.72. The molecule has 2 fully saturated rings. The van der Waals surface area contributed by atoms with Crippen LogP contribution < -0.4 is 0 Å². The normalized spacial score (nSPS) is 40.0. The molecule has 3 unspecified atom stereocenters. The molecule has 2 N–H and O–H groups in total. The fraction of sp³-hybridized carbons (Fsp3) is 0.593. The number of furan rings is 1. The van der Waals surface area contributed by atoms with Gasteiger partial charge in [-0.2, -0.15) is 0 Å². The minimum absolute atomic E-state index is 0.0300. The van der Waals surface area contributed by atoms with Gasteiger partial charge in [-0.25, -0.2) is 4.79 Å². The molecular formula is C27H34O5. The van der Waals surface area contributed by atoms with Crippen molar-refractivity contribution in [3.05, 3.63) is 59.5 Å². The Labute approximate surface area is 189 Å². The third-order valence-corrected chi connectivity index (χ3v) is 9.30. The van der Waals surface area contributed by atoms with Gasteiger partial charge in [-0.1, -0.05) is 52.3 Å². The Bertz CT molecular complexity index is 1010. The lowest BCUT2D eigenvalue weighted by Gasteiger charge is -2.68. The van der Waals surface area contributed by atoms with Gasteiger partial charge in [-0.3, -0.25) is 0 Å². The fourth-order valence-electron chi connectivity index (χ4n) is 7.59. The highest BCUT2D eigenvalue weighted by Gasteiger charge is 2.73. The van der Waals surface area contributed by atoms with E-state index < -0.39 is 34.6 Å². The monoisotopic (exact) mass is 438 g/mol. The second-order valence-electron chi connectivity index (χ2n) is 11.1. The second kappa shape index (κ2) is 7.19. The molecule has 0 amide bonds. The zero-order chi connectivity index (χ0) is 22.9. The Balaban J connectivity index is 1.63. The van der Waals surface area contributed by atoms with Crippen LogP contribution in [0, 0.1) is 22.7 Å². The van der Waals surface area contributed by atoms with Gasteiger partial charge in [0.25, 0.3) is 0 Å². The van der Waals surface area contributed by atoms with E-state index in [0.717, 1.165) is 30.6 Å². The van der Waals surface area contributed by atoms with Crippen LogP contribution in [-0.4, -0.2) is 34.0 Å². The van der Waals surface area contributed by atoms with Gasteiger partial charge in [0, 0.05) is 11.8 Å². The number of hydrogen-bond donors (Lipinski definition) is 2. The number of rotatable bonds is 2. The molecule has 2 aromatic rings. The van der Waals surface area contributed by atoms with Crippen LogP contribution in [0.3, 0.4) is 0 Å². The molecule has 172 valence electrons. The molecule has 1 heterocycles. The third kappa shape index (κ3) is 2.73. The quantitative estimate of drug-likeness (QED) is 0.663. The summed E-state index contributed by atoms with van der Waals surface area (Å²) in [5.74, 6) is 0.396. The molecule has 32 heavy (non-hydrogen) atoms. The van der Waals surface area contributed by atoms with Gasteiger partial charge in [0.15, 0.2) is 6.10 Å². The molecule has 2 saturated carbocycles. The number of carbonyl (C=O) groups excluding carboxylic acids is 1. The molecule has 0 aliphatic heterocycles. The first kappa shape index (κ1) is 21.7. The molecule has 3 aliphatic rings. The van der Waals surface area contributed by atoms with E-state index in [4.69, 9.17) is 9.15 Å². The van der Waals surface area contributed by atoms with Crippen LogP contribution in [0.4, 0.5) is 0 Å². The number of fused-ring (bicyclic) bond motifs is 4. The van der Waals surface area contributed by atoms with Gasteiger partial charge < -0.3 is 19.4 Å². The molecule has 5 nitrogen and oxygen atoms in total. The average molecular weight is 439 g/mol. The summed E-state index contributed by atoms with van der Waals surface area (Å²) < 4.78 is 11.9. The van der Waals surface area contributed by atoms with Crippen molar-refractivity contribution in [3.8, 4) is 0 Å². The van der Waals surface area contributed by atoms with Gasteiger partial charge in [0.05, 0.1) is 17.9 Å². The van der Waals surface area contributed by atoms with E-state index in [1.54, 1.807) is 30.5 Å². The van der Waals surface area contributed by atoms with Crippen molar-refractivity contribution in [2.75, 3.05) is 0 Å². The van der Waals surface area contributed by atoms with E-state index in [9.17, 15) is 15.0 Å².